The van der Waals surface area contributed by atoms with Gasteiger partial charge in [-0.25, -0.2) is 4.79 Å². The fourth-order valence-electron chi connectivity index (χ4n) is 9.29. The van der Waals surface area contributed by atoms with Crippen LogP contribution in [0.3, 0.4) is 0 Å². The van der Waals surface area contributed by atoms with E-state index in [1.54, 1.807) is 0 Å². The Balaban J connectivity index is 1.41. The number of benzene rings is 3. The van der Waals surface area contributed by atoms with Gasteiger partial charge in [-0.1, -0.05) is 92.4 Å². The number of hydrogen-bond donors (Lipinski definition) is 3. The quantitative estimate of drug-likeness (QED) is 0.172. The summed E-state index contributed by atoms with van der Waals surface area (Å²) in [5.41, 5.74) is 3.33. The van der Waals surface area contributed by atoms with Gasteiger partial charge in [0.15, 0.2) is 5.78 Å². The molecule has 0 spiro atoms. The first-order chi connectivity index (χ1) is 24.0. The first kappa shape index (κ1) is 36.3. The van der Waals surface area contributed by atoms with Crippen molar-refractivity contribution in [2.24, 2.45) is 11.3 Å². The van der Waals surface area contributed by atoms with E-state index in [9.17, 15) is 19.8 Å². The topological polar surface area (TPSA) is 89.9 Å². The van der Waals surface area contributed by atoms with Crippen LogP contribution >= 0.6 is 0 Å². The highest BCUT2D eigenvalue weighted by atomic mass is 16.3. The van der Waals surface area contributed by atoms with Gasteiger partial charge in [-0.2, -0.15) is 0 Å². The lowest BCUT2D eigenvalue weighted by molar-refractivity contribution is -0.0780. The number of fused-ring (bicyclic) bond motifs is 9. The van der Waals surface area contributed by atoms with Crippen molar-refractivity contribution in [3.63, 3.8) is 0 Å². The van der Waals surface area contributed by atoms with Crippen LogP contribution in [-0.2, 0) is 13.0 Å². The van der Waals surface area contributed by atoms with Crippen molar-refractivity contribution in [2.45, 2.75) is 135 Å². The van der Waals surface area contributed by atoms with E-state index in [1.807, 2.05) is 36.9 Å². The number of carbonyl (C=O) groups is 2. The molecule has 4 aliphatic rings. The van der Waals surface area contributed by atoms with Gasteiger partial charge in [-0.3, -0.25) is 4.79 Å². The van der Waals surface area contributed by atoms with Gasteiger partial charge in [-0.05, 0) is 118 Å². The number of hydrogen-bond acceptors (Lipinski definition) is 4. The summed E-state index contributed by atoms with van der Waals surface area (Å²) in [6.45, 7) is 8.86. The van der Waals surface area contributed by atoms with Crippen molar-refractivity contribution in [2.75, 3.05) is 6.54 Å². The lowest BCUT2D eigenvalue weighted by Gasteiger charge is -2.46. The van der Waals surface area contributed by atoms with Crippen molar-refractivity contribution in [1.82, 2.24) is 10.2 Å². The number of rotatable bonds is 7. The van der Waals surface area contributed by atoms with Crippen LogP contribution in [-0.4, -0.2) is 51.2 Å². The van der Waals surface area contributed by atoms with Crippen molar-refractivity contribution < 1.29 is 19.8 Å². The summed E-state index contributed by atoms with van der Waals surface area (Å²) >= 11 is 0. The first-order valence-electron chi connectivity index (χ1n) is 19.2. The summed E-state index contributed by atoms with van der Waals surface area (Å²) in [6, 6.07) is 20.6. The second-order valence-electron chi connectivity index (χ2n) is 16.2. The van der Waals surface area contributed by atoms with Crippen LogP contribution < -0.4 is 5.32 Å². The predicted octanol–water partition coefficient (Wildman–Crippen LogP) is 9.26. The van der Waals surface area contributed by atoms with Crippen molar-refractivity contribution in [3.05, 3.63) is 94.6 Å². The smallest absolute Gasteiger partial charge is 0.317 e. The maximum Gasteiger partial charge on any atom is 0.317 e. The fourth-order valence-corrected chi connectivity index (χ4v) is 9.29. The minimum Gasteiger partial charge on any atom is -0.393 e. The number of Topliss-reactive ketones (excluding diaryl/α,β-unsaturated/α-hetero) is 1. The summed E-state index contributed by atoms with van der Waals surface area (Å²) < 4.78 is 0. The van der Waals surface area contributed by atoms with Gasteiger partial charge in [0.2, 0.25) is 0 Å². The van der Waals surface area contributed by atoms with Gasteiger partial charge < -0.3 is 20.4 Å². The molecule has 3 aromatic rings. The molecule has 2 bridgehead atoms. The van der Waals surface area contributed by atoms with Crippen molar-refractivity contribution >= 4 is 22.6 Å². The summed E-state index contributed by atoms with van der Waals surface area (Å²) in [7, 11) is 0. The average Bonchev–Trinajstić information content (AvgIpc) is 3.35. The van der Waals surface area contributed by atoms with Crippen LogP contribution in [0.2, 0.25) is 0 Å². The lowest BCUT2D eigenvalue weighted by Crippen LogP contribution is -2.55. The Bertz CT molecular complexity index is 1700. The molecule has 2 amide bonds. The molecule has 3 N–H and O–H groups in total. The molecule has 2 saturated carbocycles. The molecule has 4 unspecified atom stereocenters. The van der Waals surface area contributed by atoms with Gasteiger partial charge in [-0.15, -0.1) is 0 Å². The molecule has 4 aliphatic carbocycles. The zero-order valence-electron chi connectivity index (χ0n) is 30.7. The average molecular weight is 679 g/mol. The van der Waals surface area contributed by atoms with Crippen LogP contribution in [0.1, 0.15) is 131 Å². The SMILES string of the molecule is CC1=CCCC2(C)C(CCC2(O)CN(Cc2cccc3ccccc23)C(=O)NC(C)C)c2ccc(cc2C(=O)C2CCCCC2)CC(O)CC1. The predicted molar refractivity (Wildman–Crippen MR) is 202 cm³/mol. The molecular weight excluding hydrogens is 620 g/mol. The van der Waals surface area contributed by atoms with Gasteiger partial charge in [0.25, 0.3) is 0 Å². The van der Waals surface area contributed by atoms with Crippen LogP contribution in [0, 0.1) is 11.3 Å². The van der Waals surface area contributed by atoms with Crippen LogP contribution in [0.5, 0.6) is 0 Å². The molecule has 0 heterocycles. The lowest BCUT2D eigenvalue weighted by atomic mass is 9.64. The summed E-state index contributed by atoms with van der Waals surface area (Å²) in [5, 5.41) is 29.4. The van der Waals surface area contributed by atoms with Crippen LogP contribution in [0.25, 0.3) is 10.8 Å². The van der Waals surface area contributed by atoms with Crippen molar-refractivity contribution in [1.29, 1.82) is 0 Å². The number of nitrogens with zero attached hydrogens (tertiary/aromatic N) is 1. The minimum atomic E-state index is -1.19. The van der Waals surface area contributed by atoms with E-state index >= 15 is 0 Å². The number of allylic oxidation sites excluding steroid dienone is 2. The molecule has 0 aromatic heterocycles. The molecule has 50 heavy (non-hydrogen) atoms. The summed E-state index contributed by atoms with van der Waals surface area (Å²) in [5.74, 6) is 0.193. The molecule has 3 aromatic carbocycles. The highest BCUT2D eigenvalue weighted by Gasteiger charge is 2.57. The van der Waals surface area contributed by atoms with E-state index < -0.39 is 17.1 Å². The third kappa shape index (κ3) is 7.72. The standard InChI is InChI=1S/C44H58N2O4/c1-30(2)45-42(49)46(28-35-17-10-16-33-13-8-9-18-37(33)35)29-44(50)25-23-40-38-22-20-32(27-39(38)41(48)34-14-6-5-7-15-34)26-36(47)21-19-31(3)12-11-24-43(40,44)4/h8-10,12-13,16-18,20,22,27,30,34,36,40,47,50H,5-7,11,14-15,19,21,23-26,28-29H2,1-4H3,(H,45,49). The number of ketones is 1. The Labute approximate surface area is 299 Å². The zero-order valence-corrected chi connectivity index (χ0v) is 30.7. The molecule has 6 nitrogen and oxygen atoms in total. The normalized spacial score (nSPS) is 26.3. The number of aliphatic hydroxyl groups excluding tert-OH is 1. The van der Waals surface area contributed by atoms with Crippen LogP contribution in [0.15, 0.2) is 72.3 Å². The van der Waals surface area contributed by atoms with Gasteiger partial charge >= 0.3 is 6.03 Å². The van der Waals surface area contributed by atoms with Crippen LogP contribution in [0.4, 0.5) is 4.79 Å². The highest BCUT2D eigenvalue weighted by molar-refractivity contribution is 5.99. The van der Waals surface area contributed by atoms with Gasteiger partial charge in [0.05, 0.1) is 18.2 Å². The Morgan fingerprint density at radius 1 is 0.960 bits per heavy atom. The number of amides is 2. The second kappa shape index (κ2) is 15.4. The fraction of sp³-hybridized carbons (Fsp3) is 0.545. The Hall–Kier alpha value is -3.48. The number of carbonyl (C=O) groups excluding carboxylic acids is 2. The van der Waals surface area contributed by atoms with Gasteiger partial charge in [0, 0.05) is 29.5 Å². The maximum atomic E-state index is 14.4. The highest BCUT2D eigenvalue weighted by Crippen LogP contribution is 2.59. The molecule has 0 saturated heterocycles. The third-order valence-corrected chi connectivity index (χ3v) is 12.3. The van der Waals surface area contributed by atoms with Gasteiger partial charge in [0.1, 0.15) is 0 Å². The molecule has 2 fully saturated rings. The van der Waals surface area contributed by atoms with Crippen molar-refractivity contribution in [3.8, 4) is 0 Å². The van der Waals surface area contributed by atoms with E-state index in [-0.39, 0.29) is 36.2 Å². The molecule has 6 heteroatoms. The Morgan fingerprint density at radius 3 is 2.50 bits per heavy atom. The molecular formula is C44H58N2O4. The molecule has 4 atom stereocenters. The minimum absolute atomic E-state index is 0.0228. The van der Waals surface area contributed by atoms with E-state index in [1.165, 1.54) is 12.0 Å². The molecule has 7 rings (SSSR count). The molecule has 0 aliphatic heterocycles. The molecule has 268 valence electrons. The number of urea groups is 1. The monoisotopic (exact) mass is 678 g/mol. The second-order valence-corrected chi connectivity index (χ2v) is 16.2. The molecule has 0 radical (unpaired) electrons. The van der Waals surface area contributed by atoms with E-state index in [4.69, 9.17) is 0 Å². The van der Waals surface area contributed by atoms with E-state index in [0.29, 0.717) is 25.8 Å². The van der Waals surface area contributed by atoms with E-state index in [0.717, 1.165) is 84.4 Å². The largest absolute Gasteiger partial charge is 0.393 e. The Kier molecular flexibility index (Phi) is 11.2. The first-order valence-corrected chi connectivity index (χ1v) is 19.2. The zero-order chi connectivity index (χ0) is 35.5. The number of nitrogens with one attached hydrogen (secondary N) is 1. The summed E-state index contributed by atoms with van der Waals surface area (Å²) in [6.07, 6.45) is 11.8. The third-order valence-electron chi connectivity index (χ3n) is 12.3. The maximum absolute atomic E-state index is 14.4. The number of aliphatic hydroxyl groups is 2. The Morgan fingerprint density at radius 2 is 1.72 bits per heavy atom. The summed E-state index contributed by atoms with van der Waals surface area (Å²) in [4.78, 5) is 30.2. The van der Waals surface area contributed by atoms with E-state index in [2.05, 4.69) is 67.7 Å².